The SMILES string of the molecule is N#Cc1ccccc1NC(=O)c1ccnc(NN)c1. The first-order valence-corrected chi connectivity index (χ1v) is 5.47. The predicted octanol–water partition coefficient (Wildman–Crippen LogP) is 1.49. The van der Waals surface area contributed by atoms with Gasteiger partial charge in [0.15, 0.2) is 0 Å². The second kappa shape index (κ2) is 5.62. The van der Waals surface area contributed by atoms with E-state index in [1.165, 1.54) is 12.3 Å². The highest BCUT2D eigenvalue weighted by atomic mass is 16.1. The van der Waals surface area contributed by atoms with Crippen molar-refractivity contribution in [2.24, 2.45) is 5.84 Å². The van der Waals surface area contributed by atoms with Crippen molar-refractivity contribution in [3.05, 3.63) is 53.7 Å². The van der Waals surface area contributed by atoms with Gasteiger partial charge in [0.25, 0.3) is 5.91 Å². The maximum Gasteiger partial charge on any atom is 0.255 e. The lowest BCUT2D eigenvalue weighted by Gasteiger charge is -2.07. The van der Waals surface area contributed by atoms with Gasteiger partial charge in [-0.2, -0.15) is 5.26 Å². The average Bonchev–Trinajstić information content (AvgIpc) is 2.47. The number of para-hydroxylation sites is 1. The van der Waals surface area contributed by atoms with E-state index >= 15 is 0 Å². The molecule has 0 aliphatic rings. The summed E-state index contributed by atoms with van der Waals surface area (Å²) < 4.78 is 0. The number of carbonyl (C=O) groups excluding carboxylic acids is 1. The number of hydrazine groups is 1. The van der Waals surface area contributed by atoms with Crippen molar-refractivity contribution in [1.29, 1.82) is 5.26 Å². The van der Waals surface area contributed by atoms with Gasteiger partial charge in [-0.3, -0.25) is 4.79 Å². The summed E-state index contributed by atoms with van der Waals surface area (Å²) in [4.78, 5) is 15.9. The van der Waals surface area contributed by atoms with E-state index in [0.717, 1.165) is 0 Å². The number of nitrogen functional groups attached to an aromatic ring is 1. The number of amides is 1. The number of carbonyl (C=O) groups is 1. The lowest BCUT2D eigenvalue weighted by atomic mass is 10.2. The van der Waals surface area contributed by atoms with E-state index in [9.17, 15) is 4.79 Å². The molecule has 0 aliphatic heterocycles. The molecule has 0 bridgehead atoms. The van der Waals surface area contributed by atoms with Crippen LogP contribution in [0.15, 0.2) is 42.6 Å². The topological polar surface area (TPSA) is 104 Å². The second-order valence-electron chi connectivity index (χ2n) is 3.69. The van der Waals surface area contributed by atoms with E-state index in [1.54, 1.807) is 30.3 Å². The van der Waals surface area contributed by atoms with E-state index in [2.05, 4.69) is 15.7 Å². The van der Waals surface area contributed by atoms with E-state index < -0.39 is 0 Å². The smallest absolute Gasteiger partial charge is 0.255 e. The fourth-order valence-corrected chi connectivity index (χ4v) is 1.53. The molecular formula is C13H11N5O. The lowest BCUT2D eigenvalue weighted by molar-refractivity contribution is 0.102. The van der Waals surface area contributed by atoms with Crippen LogP contribution in [0.3, 0.4) is 0 Å². The fourth-order valence-electron chi connectivity index (χ4n) is 1.53. The van der Waals surface area contributed by atoms with Crippen molar-refractivity contribution in [3.8, 4) is 6.07 Å². The zero-order valence-electron chi connectivity index (χ0n) is 9.92. The summed E-state index contributed by atoms with van der Waals surface area (Å²) in [6.07, 6.45) is 1.47. The van der Waals surface area contributed by atoms with Gasteiger partial charge in [0.05, 0.1) is 11.3 Å². The quantitative estimate of drug-likeness (QED) is 0.568. The highest BCUT2D eigenvalue weighted by Crippen LogP contribution is 2.15. The second-order valence-corrected chi connectivity index (χ2v) is 3.69. The standard InChI is InChI=1S/C13H11N5O/c14-8-10-3-1-2-4-11(10)17-13(19)9-5-6-16-12(7-9)18-15/h1-7H,15H2,(H,16,18)(H,17,19). The highest BCUT2D eigenvalue weighted by Gasteiger charge is 2.09. The minimum Gasteiger partial charge on any atom is -0.321 e. The maximum atomic E-state index is 12.0. The molecule has 0 saturated heterocycles. The fraction of sp³-hybridized carbons (Fsp3) is 0. The Balaban J connectivity index is 2.23. The molecule has 0 aliphatic carbocycles. The number of rotatable bonds is 3. The third-order valence-corrected chi connectivity index (χ3v) is 2.47. The average molecular weight is 253 g/mol. The van der Waals surface area contributed by atoms with Gasteiger partial charge < -0.3 is 10.7 Å². The molecule has 1 aromatic carbocycles. The molecule has 0 atom stereocenters. The molecule has 4 N–H and O–H groups in total. The van der Waals surface area contributed by atoms with Crippen LogP contribution in [0.25, 0.3) is 0 Å². The molecule has 1 amide bonds. The Hall–Kier alpha value is -2.91. The molecule has 0 unspecified atom stereocenters. The van der Waals surface area contributed by atoms with Crippen LogP contribution in [0.4, 0.5) is 11.5 Å². The number of nitrogens with two attached hydrogens (primary N) is 1. The number of benzene rings is 1. The Morgan fingerprint density at radius 3 is 2.84 bits per heavy atom. The van der Waals surface area contributed by atoms with E-state index in [-0.39, 0.29) is 5.91 Å². The van der Waals surface area contributed by atoms with Crippen molar-refractivity contribution >= 4 is 17.4 Å². The summed E-state index contributed by atoms with van der Waals surface area (Å²) in [7, 11) is 0. The summed E-state index contributed by atoms with van der Waals surface area (Å²) in [6.45, 7) is 0. The first-order valence-electron chi connectivity index (χ1n) is 5.47. The number of pyridine rings is 1. The first-order chi connectivity index (χ1) is 9.24. The molecular weight excluding hydrogens is 242 g/mol. The number of aromatic nitrogens is 1. The third-order valence-electron chi connectivity index (χ3n) is 2.47. The van der Waals surface area contributed by atoms with Crippen molar-refractivity contribution in [2.75, 3.05) is 10.7 Å². The van der Waals surface area contributed by atoms with Gasteiger partial charge in [-0.25, -0.2) is 10.8 Å². The van der Waals surface area contributed by atoms with Gasteiger partial charge in [-0.05, 0) is 24.3 Å². The maximum absolute atomic E-state index is 12.0. The summed E-state index contributed by atoms with van der Waals surface area (Å²) in [5, 5.41) is 11.6. The van der Waals surface area contributed by atoms with Crippen LogP contribution < -0.4 is 16.6 Å². The number of nitrogens with zero attached hydrogens (tertiary/aromatic N) is 2. The Morgan fingerprint density at radius 1 is 1.32 bits per heavy atom. The number of nitrogens with one attached hydrogen (secondary N) is 2. The lowest BCUT2D eigenvalue weighted by Crippen LogP contribution is -2.14. The number of nitriles is 1. The number of hydrogen-bond acceptors (Lipinski definition) is 5. The van der Waals surface area contributed by atoms with Gasteiger partial charge in [0, 0.05) is 11.8 Å². The van der Waals surface area contributed by atoms with Crippen LogP contribution in [0, 0.1) is 11.3 Å². The van der Waals surface area contributed by atoms with Crippen LogP contribution >= 0.6 is 0 Å². The zero-order valence-corrected chi connectivity index (χ0v) is 9.92. The molecule has 1 heterocycles. The molecule has 2 aromatic rings. The Morgan fingerprint density at radius 2 is 2.11 bits per heavy atom. The van der Waals surface area contributed by atoms with Crippen LogP contribution in [0.2, 0.25) is 0 Å². The molecule has 19 heavy (non-hydrogen) atoms. The van der Waals surface area contributed by atoms with E-state index in [1.807, 2.05) is 6.07 Å². The van der Waals surface area contributed by atoms with Crippen molar-refractivity contribution in [1.82, 2.24) is 4.98 Å². The van der Waals surface area contributed by atoms with E-state index in [0.29, 0.717) is 22.6 Å². The molecule has 6 heteroatoms. The highest BCUT2D eigenvalue weighted by molar-refractivity contribution is 6.05. The van der Waals surface area contributed by atoms with Crippen LogP contribution in [0.5, 0.6) is 0 Å². The minimum atomic E-state index is -0.332. The van der Waals surface area contributed by atoms with Crippen LogP contribution in [-0.2, 0) is 0 Å². The molecule has 0 spiro atoms. The van der Waals surface area contributed by atoms with Gasteiger partial charge in [-0.1, -0.05) is 12.1 Å². The normalized spacial score (nSPS) is 9.47. The van der Waals surface area contributed by atoms with Gasteiger partial charge >= 0.3 is 0 Å². The number of anilines is 2. The Labute approximate surface area is 109 Å². The first kappa shape index (κ1) is 12.5. The molecule has 94 valence electrons. The monoisotopic (exact) mass is 253 g/mol. The molecule has 0 radical (unpaired) electrons. The minimum absolute atomic E-state index is 0.332. The summed E-state index contributed by atoms with van der Waals surface area (Å²) in [5.74, 6) is 5.29. The third kappa shape index (κ3) is 2.86. The van der Waals surface area contributed by atoms with Gasteiger partial charge in [0.2, 0.25) is 0 Å². The summed E-state index contributed by atoms with van der Waals surface area (Å²) >= 11 is 0. The molecule has 0 fully saturated rings. The van der Waals surface area contributed by atoms with E-state index in [4.69, 9.17) is 11.1 Å². The van der Waals surface area contributed by atoms with Gasteiger partial charge in [0.1, 0.15) is 11.9 Å². The van der Waals surface area contributed by atoms with Crippen LogP contribution in [0.1, 0.15) is 15.9 Å². The van der Waals surface area contributed by atoms with Crippen molar-refractivity contribution in [2.45, 2.75) is 0 Å². The summed E-state index contributed by atoms with van der Waals surface area (Å²) in [6, 6.07) is 11.9. The zero-order chi connectivity index (χ0) is 13.7. The largest absolute Gasteiger partial charge is 0.321 e. The van der Waals surface area contributed by atoms with Gasteiger partial charge in [-0.15, -0.1) is 0 Å². The Kier molecular flexibility index (Phi) is 3.71. The molecule has 0 saturated carbocycles. The van der Waals surface area contributed by atoms with Crippen LogP contribution in [-0.4, -0.2) is 10.9 Å². The molecule has 2 rings (SSSR count). The van der Waals surface area contributed by atoms with Crippen molar-refractivity contribution in [3.63, 3.8) is 0 Å². The van der Waals surface area contributed by atoms with Crippen molar-refractivity contribution < 1.29 is 4.79 Å². The predicted molar refractivity (Wildman–Crippen MR) is 71.2 cm³/mol. The molecule has 6 nitrogen and oxygen atoms in total. The number of hydrogen-bond donors (Lipinski definition) is 3. The Bertz CT molecular complexity index is 647. The summed E-state index contributed by atoms with van der Waals surface area (Å²) in [5.41, 5.74) is 3.64. The molecule has 1 aromatic heterocycles.